The molecule has 1 aromatic carbocycles. The van der Waals surface area contributed by atoms with Crippen LogP contribution in [0.2, 0.25) is 0 Å². The highest BCUT2D eigenvalue weighted by atomic mass is 16.5. The van der Waals surface area contributed by atoms with Gasteiger partial charge in [-0.25, -0.2) is 0 Å². The smallest absolute Gasteiger partial charge is 0.320 e. The van der Waals surface area contributed by atoms with Gasteiger partial charge in [0, 0.05) is 0 Å². The van der Waals surface area contributed by atoms with Gasteiger partial charge < -0.3 is 25.8 Å². The van der Waals surface area contributed by atoms with Crippen molar-refractivity contribution in [3.05, 3.63) is 29.8 Å². The molecule has 18 heavy (non-hydrogen) atoms. The van der Waals surface area contributed by atoms with Gasteiger partial charge in [0.05, 0.1) is 6.61 Å². The molecule has 0 fully saturated rings. The molecule has 0 spiro atoms. The van der Waals surface area contributed by atoms with E-state index in [0.717, 1.165) is 5.56 Å². The van der Waals surface area contributed by atoms with Crippen molar-refractivity contribution < 1.29 is 24.9 Å². The molecule has 0 amide bonds. The van der Waals surface area contributed by atoms with Gasteiger partial charge in [-0.05, 0) is 24.1 Å². The van der Waals surface area contributed by atoms with Crippen molar-refractivity contribution in [2.24, 2.45) is 5.73 Å². The second-order valence-corrected chi connectivity index (χ2v) is 3.94. The van der Waals surface area contributed by atoms with E-state index in [-0.39, 0.29) is 19.6 Å². The number of rotatable bonds is 7. The van der Waals surface area contributed by atoms with Crippen LogP contribution in [0.15, 0.2) is 24.3 Å². The van der Waals surface area contributed by atoms with Gasteiger partial charge >= 0.3 is 5.97 Å². The summed E-state index contributed by atoms with van der Waals surface area (Å²) >= 11 is 0. The van der Waals surface area contributed by atoms with Gasteiger partial charge in [0.1, 0.15) is 24.5 Å². The Bertz CT molecular complexity index is 379. The summed E-state index contributed by atoms with van der Waals surface area (Å²) in [5.74, 6) is -0.503. The second-order valence-electron chi connectivity index (χ2n) is 3.94. The zero-order chi connectivity index (χ0) is 13.5. The molecule has 100 valence electrons. The monoisotopic (exact) mass is 255 g/mol. The molecule has 0 aromatic heterocycles. The summed E-state index contributed by atoms with van der Waals surface area (Å²) in [7, 11) is 0. The lowest BCUT2D eigenvalue weighted by atomic mass is 10.1. The summed E-state index contributed by atoms with van der Waals surface area (Å²) in [6, 6.07) is 5.82. The van der Waals surface area contributed by atoms with Crippen LogP contribution >= 0.6 is 0 Å². The van der Waals surface area contributed by atoms with E-state index in [9.17, 15) is 4.79 Å². The predicted octanol–water partition coefficient (Wildman–Crippen LogP) is -0.627. The molecule has 6 heteroatoms. The molecule has 5 N–H and O–H groups in total. The zero-order valence-electron chi connectivity index (χ0n) is 9.82. The Morgan fingerprint density at radius 1 is 1.33 bits per heavy atom. The fourth-order valence-corrected chi connectivity index (χ4v) is 1.31. The third-order valence-electron chi connectivity index (χ3n) is 2.35. The SMILES string of the molecule is N[C@@H](Cc1ccc(OCC(O)CO)cc1)C(=O)O. The molecular weight excluding hydrogens is 238 g/mol. The first-order valence-electron chi connectivity index (χ1n) is 5.52. The normalized spacial score (nSPS) is 13.9. The van der Waals surface area contributed by atoms with Crippen LogP contribution in [0.5, 0.6) is 5.75 Å². The maximum absolute atomic E-state index is 10.6. The first-order chi connectivity index (χ1) is 8.52. The molecule has 2 atom stereocenters. The van der Waals surface area contributed by atoms with Crippen molar-refractivity contribution in [2.75, 3.05) is 13.2 Å². The molecule has 6 nitrogen and oxygen atoms in total. The van der Waals surface area contributed by atoms with Crippen LogP contribution in [0, 0.1) is 0 Å². The van der Waals surface area contributed by atoms with Crippen LogP contribution in [-0.2, 0) is 11.2 Å². The molecule has 1 aromatic rings. The Morgan fingerprint density at radius 3 is 2.44 bits per heavy atom. The van der Waals surface area contributed by atoms with E-state index >= 15 is 0 Å². The lowest BCUT2D eigenvalue weighted by Gasteiger charge is -2.11. The van der Waals surface area contributed by atoms with E-state index < -0.39 is 18.1 Å². The minimum atomic E-state index is -1.04. The Morgan fingerprint density at radius 2 is 1.94 bits per heavy atom. The minimum Gasteiger partial charge on any atom is -0.491 e. The Labute approximate surface area is 105 Å². The number of carboxylic acids is 1. The lowest BCUT2D eigenvalue weighted by Crippen LogP contribution is -2.32. The number of hydrogen-bond donors (Lipinski definition) is 4. The van der Waals surface area contributed by atoms with Crippen LogP contribution < -0.4 is 10.5 Å². The summed E-state index contributed by atoms with van der Waals surface area (Å²) < 4.78 is 5.21. The molecule has 0 aliphatic carbocycles. The van der Waals surface area contributed by atoms with Crippen molar-refractivity contribution in [1.29, 1.82) is 0 Å². The molecule has 0 heterocycles. The van der Waals surface area contributed by atoms with Gasteiger partial charge in [-0.15, -0.1) is 0 Å². The van der Waals surface area contributed by atoms with E-state index in [1.54, 1.807) is 24.3 Å². The number of nitrogens with two attached hydrogens (primary N) is 1. The van der Waals surface area contributed by atoms with Crippen molar-refractivity contribution in [1.82, 2.24) is 0 Å². The highest BCUT2D eigenvalue weighted by Gasteiger charge is 2.11. The Kier molecular flexibility index (Phi) is 5.57. The van der Waals surface area contributed by atoms with E-state index in [1.807, 2.05) is 0 Å². The molecule has 0 radical (unpaired) electrons. The second kappa shape index (κ2) is 6.95. The fraction of sp³-hybridized carbons (Fsp3) is 0.417. The molecule has 1 rings (SSSR count). The van der Waals surface area contributed by atoms with E-state index in [4.69, 9.17) is 25.8 Å². The number of aliphatic hydroxyl groups is 2. The standard InChI is InChI=1S/C12H17NO5/c13-11(12(16)17)5-8-1-3-10(4-2-8)18-7-9(15)6-14/h1-4,9,11,14-15H,5-7,13H2,(H,16,17)/t9?,11-/m0/s1. The molecule has 0 aliphatic rings. The summed E-state index contributed by atoms with van der Waals surface area (Å²) in [5.41, 5.74) is 6.20. The fourth-order valence-electron chi connectivity index (χ4n) is 1.31. The number of aliphatic carboxylic acids is 1. The summed E-state index contributed by atoms with van der Waals surface area (Å²) in [6.45, 7) is -0.351. The first-order valence-corrected chi connectivity index (χ1v) is 5.52. The van der Waals surface area contributed by atoms with E-state index in [1.165, 1.54) is 0 Å². The van der Waals surface area contributed by atoms with Crippen LogP contribution in [0.4, 0.5) is 0 Å². The molecular formula is C12H17NO5. The van der Waals surface area contributed by atoms with Crippen molar-refractivity contribution in [3.8, 4) is 5.75 Å². The van der Waals surface area contributed by atoms with Crippen molar-refractivity contribution >= 4 is 5.97 Å². The van der Waals surface area contributed by atoms with Crippen LogP contribution in [-0.4, -0.2) is 46.6 Å². The predicted molar refractivity (Wildman–Crippen MR) is 64.3 cm³/mol. The van der Waals surface area contributed by atoms with Crippen LogP contribution in [0.3, 0.4) is 0 Å². The van der Waals surface area contributed by atoms with E-state index in [2.05, 4.69) is 0 Å². The van der Waals surface area contributed by atoms with Gasteiger partial charge in [-0.2, -0.15) is 0 Å². The maximum atomic E-state index is 10.6. The van der Waals surface area contributed by atoms with Gasteiger partial charge in [0.25, 0.3) is 0 Å². The van der Waals surface area contributed by atoms with Crippen LogP contribution in [0.1, 0.15) is 5.56 Å². The van der Waals surface area contributed by atoms with E-state index in [0.29, 0.717) is 5.75 Å². The summed E-state index contributed by atoms with van der Waals surface area (Å²) in [4.78, 5) is 10.6. The van der Waals surface area contributed by atoms with Gasteiger partial charge in [0.2, 0.25) is 0 Å². The quantitative estimate of drug-likeness (QED) is 0.516. The molecule has 0 aliphatic heterocycles. The Hall–Kier alpha value is -1.63. The average molecular weight is 255 g/mol. The molecule has 0 bridgehead atoms. The average Bonchev–Trinajstić information content (AvgIpc) is 2.37. The topological polar surface area (TPSA) is 113 Å². The van der Waals surface area contributed by atoms with Gasteiger partial charge in [-0.1, -0.05) is 12.1 Å². The Balaban J connectivity index is 2.49. The van der Waals surface area contributed by atoms with Crippen LogP contribution in [0.25, 0.3) is 0 Å². The number of carboxylic acid groups (broad SMARTS) is 1. The summed E-state index contributed by atoms with van der Waals surface area (Å²) in [5, 5.41) is 26.4. The largest absolute Gasteiger partial charge is 0.491 e. The molecule has 1 unspecified atom stereocenters. The molecule has 0 saturated carbocycles. The molecule has 0 saturated heterocycles. The number of carbonyl (C=O) groups is 1. The van der Waals surface area contributed by atoms with Crippen molar-refractivity contribution in [3.63, 3.8) is 0 Å². The highest BCUT2D eigenvalue weighted by molar-refractivity contribution is 5.73. The van der Waals surface area contributed by atoms with Gasteiger partial charge in [0.15, 0.2) is 0 Å². The van der Waals surface area contributed by atoms with Gasteiger partial charge in [-0.3, -0.25) is 4.79 Å². The highest BCUT2D eigenvalue weighted by Crippen LogP contribution is 2.13. The third-order valence-corrected chi connectivity index (χ3v) is 2.35. The number of ether oxygens (including phenoxy) is 1. The minimum absolute atomic E-state index is 0.00445. The van der Waals surface area contributed by atoms with Crippen molar-refractivity contribution in [2.45, 2.75) is 18.6 Å². The number of hydrogen-bond acceptors (Lipinski definition) is 5. The first kappa shape index (κ1) is 14.4. The third kappa shape index (κ3) is 4.70. The lowest BCUT2D eigenvalue weighted by molar-refractivity contribution is -0.138. The maximum Gasteiger partial charge on any atom is 0.320 e. The number of benzene rings is 1. The number of aliphatic hydroxyl groups excluding tert-OH is 2. The summed E-state index contributed by atoms with van der Waals surface area (Å²) in [6.07, 6.45) is -0.667. The zero-order valence-corrected chi connectivity index (χ0v) is 9.82.